The molecule has 9 rings (SSSR count). The Hall–Kier alpha value is -5.18. The molecule has 224 valence electrons. The van der Waals surface area contributed by atoms with Crippen LogP contribution in [0.2, 0.25) is 0 Å². The molecule has 0 N–H and O–H groups in total. The summed E-state index contributed by atoms with van der Waals surface area (Å²) in [5, 5.41) is 2.52. The molecule has 1 aromatic heterocycles. The fourth-order valence-corrected chi connectivity index (χ4v) is 8.06. The summed E-state index contributed by atoms with van der Waals surface area (Å²) in [4.78, 5) is 0. The molecule has 0 atom stereocenters. The Labute approximate surface area is 283 Å². The third-order valence-electron chi connectivity index (χ3n) is 10.0. The van der Waals surface area contributed by atoms with E-state index in [2.05, 4.69) is 192 Å². The Balaban J connectivity index is 1.29. The van der Waals surface area contributed by atoms with Crippen molar-refractivity contribution in [3.05, 3.63) is 173 Å². The summed E-state index contributed by atoms with van der Waals surface area (Å²) >= 11 is 3.58. The molecule has 0 unspecified atom stereocenters. The van der Waals surface area contributed by atoms with Crippen molar-refractivity contribution in [1.82, 2.24) is 4.57 Å². The summed E-state index contributed by atoms with van der Waals surface area (Å²) in [5.41, 5.74) is 16.3. The zero-order valence-electron chi connectivity index (χ0n) is 26.3. The van der Waals surface area contributed by atoms with Gasteiger partial charge in [0.15, 0.2) is 0 Å². The molecule has 2 heteroatoms. The van der Waals surface area contributed by atoms with Gasteiger partial charge in [-0.3, -0.25) is 0 Å². The highest BCUT2D eigenvalue weighted by molar-refractivity contribution is 9.10. The summed E-state index contributed by atoms with van der Waals surface area (Å²) in [6.07, 6.45) is 0. The lowest BCUT2D eigenvalue weighted by Gasteiger charge is -2.25. The SMILES string of the molecule is CC1(C)c2ccccc2-c2cccc(-n3c4ccc(-c5ccccc5)cc4c4cc(-c5cccc(-c6ccc(Br)cc6)c5)ccc43)c21. The van der Waals surface area contributed by atoms with Crippen LogP contribution >= 0.6 is 15.9 Å². The van der Waals surface area contributed by atoms with E-state index in [-0.39, 0.29) is 5.41 Å². The largest absolute Gasteiger partial charge is 0.309 e. The maximum Gasteiger partial charge on any atom is 0.0541 e. The highest BCUT2D eigenvalue weighted by Gasteiger charge is 2.38. The van der Waals surface area contributed by atoms with E-state index in [9.17, 15) is 0 Å². The summed E-state index contributed by atoms with van der Waals surface area (Å²) in [5.74, 6) is 0. The van der Waals surface area contributed by atoms with Crippen LogP contribution in [-0.4, -0.2) is 4.57 Å². The molecule has 1 nitrogen and oxygen atoms in total. The van der Waals surface area contributed by atoms with Gasteiger partial charge in [-0.15, -0.1) is 0 Å². The lowest BCUT2D eigenvalue weighted by Crippen LogP contribution is -2.18. The zero-order chi connectivity index (χ0) is 31.7. The molecule has 0 saturated heterocycles. The van der Waals surface area contributed by atoms with Gasteiger partial charge in [0.25, 0.3) is 0 Å². The van der Waals surface area contributed by atoms with Crippen LogP contribution in [0.4, 0.5) is 0 Å². The van der Waals surface area contributed by atoms with E-state index in [0.717, 1.165) is 4.47 Å². The van der Waals surface area contributed by atoms with E-state index < -0.39 is 0 Å². The maximum absolute atomic E-state index is 3.58. The number of halogens is 1. The predicted molar refractivity (Wildman–Crippen MR) is 202 cm³/mol. The second-order valence-corrected chi connectivity index (χ2v) is 14.0. The minimum atomic E-state index is -0.122. The quantitative estimate of drug-likeness (QED) is 0.176. The van der Waals surface area contributed by atoms with Gasteiger partial charge in [-0.2, -0.15) is 0 Å². The molecule has 0 spiro atoms. The number of rotatable bonds is 4. The zero-order valence-corrected chi connectivity index (χ0v) is 27.9. The first-order chi connectivity index (χ1) is 23.0. The normalized spacial score (nSPS) is 13.2. The third-order valence-corrected chi connectivity index (χ3v) is 10.6. The summed E-state index contributed by atoms with van der Waals surface area (Å²) in [6, 6.07) is 57.9. The van der Waals surface area contributed by atoms with Gasteiger partial charge in [-0.1, -0.05) is 139 Å². The van der Waals surface area contributed by atoms with E-state index in [1.54, 1.807) is 0 Å². The van der Waals surface area contributed by atoms with E-state index in [1.165, 1.54) is 83.1 Å². The van der Waals surface area contributed by atoms with Crippen LogP contribution in [-0.2, 0) is 5.41 Å². The van der Waals surface area contributed by atoms with Gasteiger partial charge < -0.3 is 4.57 Å². The maximum atomic E-state index is 3.58. The van der Waals surface area contributed by atoms with Crippen LogP contribution in [0.25, 0.3) is 72.0 Å². The van der Waals surface area contributed by atoms with E-state index in [0.29, 0.717) is 0 Å². The van der Waals surface area contributed by atoms with Crippen molar-refractivity contribution in [1.29, 1.82) is 0 Å². The lowest BCUT2D eigenvalue weighted by molar-refractivity contribution is 0.656. The van der Waals surface area contributed by atoms with Gasteiger partial charge in [0.2, 0.25) is 0 Å². The van der Waals surface area contributed by atoms with Gasteiger partial charge in [-0.05, 0) is 104 Å². The van der Waals surface area contributed by atoms with E-state index in [1.807, 2.05) is 0 Å². The summed E-state index contributed by atoms with van der Waals surface area (Å²) < 4.78 is 3.60. The van der Waals surface area contributed by atoms with Gasteiger partial charge in [0, 0.05) is 20.7 Å². The molecule has 0 amide bonds. The van der Waals surface area contributed by atoms with Crippen LogP contribution in [0.1, 0.15) is 25.0 Å². The molecular formula is C45H32BrN. The van der Waals surface area contributed by atoms with Crippen LogP contribution in [0.5, 0.6) is 0 Å². The molecular weight excluding hydrogens is 634 g/mol. The molecule has 1 heterocycles. The standard InChI is InChI=1S/C45H32BrN/c1-45(2)40-16-7-6-14-36(40)37-15-9-17-43(44(37)45)47-41-24-20-33(29-10-4-3-5-11-29)27-38(41)39-28-34(21-25-42(39)47)32-13-8-12-31(26-32)30-18-22-35(46)23-19-30/h3-28H,1-2H3. The summed E-state index contributed by atoms with van der Waals surface area (Å²) in [7, 11) is 0. The molecule has 1 aliphatic rings. The van der Waals surface area contributed by atoms with Gasteiger partial charge in [0.05, 0.1) is 16.7 Å². The number of hydrogen-bond acceptors (Lipinski definition) is 0. The van der Waals surface area contributed by atoms with Crippen molar-refractivity contribution >= 4 is 37.7 Å². The molecule has 8 aromatic rings. The first-order valence-corrected chi connectivity index (χ1v) is 17.0. The molecule has 7 aromatic carbocycles. The number of fused-ring (bicyclic) bond motifs is 6. The van der Waals surface area contributed by atoms with Crippen molar-refractivity contribution in [3.8, 4) is 50.2 Å². The Morgan fingerprint density at radius 1 is 0.447 bits per heavy atom. The smallest absolute Gasteiger partial charge is 0.0541 e. The molecule has 1 aliphatic carbocycles. The van der Waals surface area contributed by atoms with Gasteiger partial charge in [-0.25, -0.2) is 0 Å². The van der Waals surface area contributed by atoms with Crippen molar-refractivity contribution in [2.45, 2.75) is 19.3 Å². The minimum absolute atomic E-state index is 0.122. The van der Waals surface area contributed by atoms with Crippen molar-refractivity contribution in [2.75, 3.05) is 0 Å². The molecule has 0 bridgehead atoms. The van der Waals surface area contributed by atoms with Crippen LogP contribution in [0, 0.1) is 0 Å². The number of nitrogens with zero attached hydrogens (tertiary/aromatic N) is 1. The number of benzene rings is 7. The fourth-order valence-electron chi connectivity index (χ4n) is 7.80. The Morgan fingerprint density at radius 3 is 1.68 bits per heavy atom. The highest BCUT2D eigenvalue weighted by atomic mass is 79.9. The predicted octanol–water partition coefficient (Wildman–Crippen LogP) is 12.9. The summed E-state index contributed by atoms with van der Waals surface area (Å²) in [6.45, 7) is 4.75. The second kappa shape index (κ2) is 10.7. The van der Waals surface area contributed by atoms with E-state index >= 15 is 0 Å². The van der Waals surface area contributed by atoms with Gasteiger partial charge >= 0.3 is 0 Å². The number of hydrogen-bond donors (Lipinski definition) is 0. The first-order valence-electron chi connectivity index (χ1n) is 16.2. The fraction of sp³-hybridized carbons (Fsp3) is 0.0667. The van der Waals surface area contributed by atoms with Crippen molar-refractivity contribution in [3.63, 3.8) is 0 Å². The molecule has 0 aliphatic heterocycles. The number of aromatic nitrogens is 1. The van der Waals surface area contributed by atoms with Gasteiger partial charge in [0.1, 0.15) is 0 Å². The lowest BCUT2D eigenvalue weighted by atomic mass is 9.81. The van der Waals surface area contributed by atoms with Crippen molar-refractivity contribution in [2.24, 2.45) is 0 Å². The van der Waals surface area contributed by atoms with E-state index in [4.69, 9.17) is 0 Å². The monoisotopic (exact) mass is 665 g/mol. The molecule has 0 fully saturated rings. The average Bonchev–Trinajstić information content (AvgIpc) is 3.57. The average molecular weight is 667 g/mol. The van der Waals surface area contributed by atoms with Crippen molar-refractivity contribution < 1.29 is 0 Å². The minimum Gasteiger partial charge on any atom is -0.309 e. The highest BCUT2D eigenvalue weighted by Crippen LogP contribution is 2.52. The Morgan fingerprint density at radius 2 is 0.957 bits per heavy atom. The second-order valence-electron chi connectivity index (χ2n) is 13.1. The molecule has 0 radical (unpaired) electrons. The molecule has 0 saturated carbocycles. The Kier molecular flexibility index (Phi) is 6.38. The first kappa shape index (κ1) is 28.1. The Bertz CT molecular complexity index is 2480. The molecule has 47 heavy (non-hydrogen) atoms. The third kappa shape index (κ3) is 4.43. The topological polar surface area (TPSA) is 4.93 Å². The van der Waals surface area contributed by atoms with Crippen LogP contribution < -0.4 is 0 Å². The van der Waals surface area contributed by atoms with Crippen LogP contribution in [0.3, 0.4) is 0 Å². The van der Waals surface area contributed by atoms with Crippen LogP contribution in [0.15, 0.2) is 162 Å².